The summed E-state index contributed by atoms with van der Waals surface area (Å²) in [7, 11) is 0. The Kier molecular flexibility index (Phi) is 8.61. The van der Waals surface area contributed by atoms with Crippen molar-refractivity contribution in [1.29, 1.82) is 0 Å². The molecule has 1 aliphatic carbocycles. The standard InChI is InChI=1S/C26H32Cl2N2O2/c1-4-24(26(32)29-22-7-5-6-8-22)30(16-20-11-12-21(27)15-23(20)28)25(31)14-19-10-9-17(2)18(3)13-19/h9-13,15,22,24H,4-8,14,16H2,1-3H3,(H,29,32). The number of hydrogen-bond donors (Lipinski definition) is 1. The Bertz CT molecular complexity index is 970. The van der Waals surface area contributed by atoms with Gasteiger partial charge in [-0.25, -0.2) is 0 Å². The van der Waals surface area contributed by atoms with Gasteiger partial charge >= 0.3 is 0 Å². The van der Waals surface area contributed by atoms with Gasteiger partial charge in [-0.2, -0.15) is 0 Å². The maximum Gasteiger partial charge on any atom is 0.243 e. The smallest absolute Gasteiger partial charge is 0.243 e. The molecule has 172 valence electrons. The number of rotatable bonds is 8. The van der Waals surface area contributed by atoms with E-state index in [1.807, 2.05) is 38.1 Å². The largest absolute Gasteiger partial charge is 0.352 e. The molecule has 1 aliphatic rings. The summed E-state index contributed by atoms with van der Waals surface area (Å²) in [5.74, 6) is -0.175. The third-order valence-electron chi connectivity index (χ3n) is 6.37. The fourth-order valence-electron chi connectivity index (χ4n) is 4.31. The van der Waals surface area contributed by atoms with E-state index < -0.39 is 6.04 Å². The van der Waals surface area contributed by atoms with Crippen LogP contribution in [0.4, 0.5) is 0 Å². The molecule has 1 fully saturated rings. The van der Waals surface area contributed by atoms with Crippen LogP contribution in [0.25, 0.3) is 0 Å². The van der Waals surface area contributed by atoms with Crippen molar-refractivity contribution < 1.29 is 9.59 Å². The van der Waals surface area contributed by atoms with Gasteiger partial charge in [0.25, 0.3) is 0 Å². The van der Waals surface area contributed by atoms with Crippen LogP contribution in [0.15, 0.2) is 36.4 Å². The minimum absolute atomic E-state index is 0.0853. The summed E-state index contributed by atoms with van der Waals surface area (Å²) in [5, 5.41) is 4.20. The predicted octanol–water partition coefficient (Wildman–Crippen LogP) is 6.02. The average molecular weight is 475 g/mol. The van der Waals surface area contributed by atoms with Gasteiger partial charge in [0.2, 0.25) is 11.8 Å². The quantitative estimate of drug-likeness (QED) is 0.508. The molecule has 2 amide bonds. The first-order valence-corrected chi connectivity index (χ1v) is 12.1. The van der Waals surface area contributed by atoms with Crippen molar-refractivity contribution in [3.05, 3.63) is 68.7 Å². The van der Waals surface area contributed by atoms with Crippen LogP contribution in [0.2, 0.25) is 10.0 Å². The maximum atomic E-state index is 13.5. The topological polar surface area (TPSA) is 49.4 Å². The van der Waals surface area contributed by atoms with E-state index in [2.05, 4.69) is 12.2 Å². The monoisotopic (exact) mass is 474 g/mol. The third-order valence-corrected chi connectivity index (χ3v) is 6.96. The molecule has 3 rings (SSSR count). The molecule has 0 spiro atoms. The molecule has 0 heterocycles. The molecule has 1 saturated carbocycles. The average Bonchev–Trinajstić information content (AvgIpc) is 3.25. The zero-order valence-electron chi connectivity index (χ0n) is 19.1. The van der Waals surface area contributed by atoms with Gasteiger partial charge in [0.1, 0.15) is 6.04 Å². The Balaban J connectivity index is 1.86. The summed E-state index contributed by atoms with van der Waals surface area (Å²) < 4.78 is 0. The summed E-state index contributed by atoms with van der Waals surface area (Å²) in [6.07, 6.45) is 5.04. The van der Waals surface area contributed by atoms with E-state index in [4.69, 9.17) is 23.2 Å². The highest BCUT2D eigenvalue weighted by atomic mass is 35.5. The lowest BCUT2D eigenvalue weighted by atomic mass is 10.0. The summed E-state index contributed by atoms with van der Waals surface area (Å²) in [6.45, 7) is 6.30. The number of nitrogens with zero attached hydrogens (tertiary/aromatic N) is 1. The van der Waals surface area contributed by atoms with Crippen LogP contribution in [-0.4, -0.2) is 28.8 Å². The number of aryl methyl sites for hydroxylation is 2. The lowest BCUT2D eigenvalue weighted by molar-refractivity contribution is -0.141. The van der Waals surface area contributed by atoms with E-state index in [1.165, 1.54) is 5.56 Å². The van der Waals surface area contributed by atoms with Crippen molar-refractivity contribution in [2.24, 2.45) is 0 Å². The van der Waals surface area contributed by atoms with Crippen LogP contribution in [-0.2, 0) is 22.6 Å². The summed E-state index contributed by atoms with van der Waals surface area (Å²) >= 11 is 12.5. The van der Waals surface area contributed by atoms with Crippen molar-refractivity contribution in [2.75, 3.05) is 0 Å². The van der Waals surface area contributed by atoms with Gasteiger partial charge in [0, 0.05) is 22.6 Å². The van der Waals surface area contributed by atoms with Gasteiger partial charge in [-0.05, 0) is 67.5 Å². The molecule has 0 aliphatic heterocycles. The van der Waals surface area contributed by atoms with Crippen molar-refractivity contribution in [3.8, 4) is 0 Å². The number of amides is 2. The normalized spacial score (nSPS) is 14.9. The SMILES string of the molecule is CCC(C(=O)NC1CCCC1)N(Cc1ccc(Cl)cc1Cl)C(=O)Cc1ccc(C)c(C)c1. The van der Waals surface area contributed by atoms with Crippen LogP contribution in [0, 0.1) is 13.8 Å². The molecule has 32 heavy (non-hydrogen) atoms. The highest BCUT2D eigenvalue weighted by Crippen LogP contribution is 2.25. The molecule has 6 heteroatoms. The molecule has 2 aromatic carbocycles. The summed E-state index contributed by atoms with van der Waals surface area (Å²) in [4.78, 5) is 28.4. The van der Waals surface area contributed by atoms with E-state index in [-0.39, 0.29) is 30.8 Å². The second-order valence-electron chi connectivity index (χ2n) is 8.77. The van der Waals surface area contributed by atoms with E-state index in [0.29, 0.717) is 16.5 Å². The first-order valence-electron chi connectivity index (χ1n) is 11.4. The summed E-state index contributed by atoms with van der Waals surface area (Å²) in [5.41, 5.74) is 4.05. The highest BCUT2D eigenvalue weighted by Gasteiger charge is 2.31. The van der Waals surface area contributed by atoms with Gasteiger partial charge in [-0.1, -0.05) is 67.2 Å². The number of carbonyl (C=O) groups is 2. The second-order valence-corrected chi connectivity index (χ2v) is 9.61. The number of halogens is 2. The van der Waals surface area contributed by atoms with Gasteiger partial charge in [0.05, 0.1) is 6.42 Å². The predicted molar refractivity (Wildman–Crippen MR) is 131 cm³/mol. The zero-order chi connectivity index (χ0) is 23.3. The fraction of sp³-hybridized carbons (Fsp3) is 0.462. The summed E-state index contributed by atoms with van der Waals surface area (Å²) in [6, 6.07) is 10.9. The molecule has 1 unspecified atom stereocenters. The number of nitrogens with one attached hydrogen (secondary N) is 1. The highest BCUT2D eigenvalue weighted by molar-refractivity contribution is 6.35. The van der Waals surface area contributed by atoms with Gasteiger partial charge in [-0.3, -0.25) is 9.59 Å². The van der Waals surface area contributed by atoms with Crippen LogP contribution in [0.3, 0.4) is 0 Å². The molecule has 0 aromatic heterocycles. The first kappa shape index (κ1) is 24.6. The lowest BCUT2D eigenvalue weighted by Gasteiger charge is -2.32. The van der Waals surface area contributed by atoms with Crippen LogP contribution < -0.4 is 5.32 Å². The van der Waals surface area contributed by atoms with Crippen molar-refractivity contribution >= 4 is 35.0 Å². The molecule has 1 atom stereocenters. The minimum atomic E-state index is -0.554. The van der Waals surface area contributed by atoms with E-state index in [1.54, 1.807) is 17.0 Å². The molecular weight excluding hydrogens is 443 g/mol. The Labute approximate surface area is 201 Å². The Morgan fingerprint density at radius 1 is 1.06 bits per heavy atom. The van der Waals surface area contributed by atoms with Gasteiger partial charge in [0.15, 0.2) is 0 Å². The molecule has 1 N–H and O–H groups in total. The van der Waals surface area contributed by atoms with Crippen molar-refractivity contribution in [1.82, 2.24) is 10.2 Å². The van der Waals surface area contributed by atoms with Gasteiger partial charge in [-0.15, -0.1) is 0 Å². The first-order chi connectivity index (χ1) is 15.3. The van der Waals surface area contributed by atoms with Crippen molar-refractivity contribution in [3.63, 3.8) is 0 Å². The fourth-order valence-corrected chi connectivity index (χ4v) is 4.78. The van der Waals surface area contributed by atoms with Gasteiger partial charge < -0.3 is 10.2 Å². The molecule has 0 bridgehead atoms. The number of hydrogen-bond acceptors (Lipinski definition) is 2. The molecule has 0 radical (unpaired) electrons. The van der Waals surface area contributed by atoms with Crippen LogP contribution in [0.1, 0.15) is 61.3 Å². The third kappa shape index (κ3) is 6.26. The Hall–Kier alpha value is -2.04. The van der Waals surface area contributed by atoms with Crippen LogP contribution >= 0.6 is 23.2 Å². The van der Waals surface area contributed by atoms with E-state index >= 15 is 0 Å². The number of benzene rings is 2. The molecule has 0 saturated heterocycles. The molecule has 2 aromatic rings. The number of carbonyl (C=O) groups excluding carboxylic acids is 2. The van der Waals surface area contributed by atoms with E-state index in [9.17, 15) is 9.59 Å². The lowest BCUT2D eigenvalue weighted by Crippen LogP contribution is -2.51. The second kappa shape index (κ2) is 11.2. The van der Waals surface area contributed by atoms with Crippen LogP contribution in [0.5, 0.6) is 0 Å². The molecule has 4 nitrogen and oxygen atoms in total. The van der Waals surface area contributed by atoms with Crippen molar-refractivity contribution in [2.45, 2.75) is 77.9 Å². The maximum absolute atomic E-state index is 13.5. The minimum Gasteiger partial charge on any atom is -0.352 e. The molecular formula is C26H32Cl2N2O2. The Morgan fingerprint density at radius 3 is 2.41 bits per heavy atom. The van der Waals surface area contributed by atoms with E-state index in [0.717, 1.165) is 42.4 Å². The Morgan fingerprint density at radius 2 is 1.78 bits per heavy atom. The zero-order valence-corrected chi connectivity index (χ0v) is 20.6.